The van der Waals surface area contributed by atoms with Crippen LogP contribution >= 0.6 is 0 Å². The van der Waals surface area contributed by atoms with Crippen molar-refractivity contribution in [3.63, 3.8) is 0 Å². The highest BCUT2D eigenvalue weighted by molar-refractivity contribution is 5.44. The van der Waals surface area contributed by atoms with E-state index in [1.807, 2.05) is 6.07 Å². The molecule has 2 unspecified atom stereocenters. The molecule has 1 aliphatic heterocycles. The molecule has 1 aliphatic carbocycles. The average molecular weight is 261 g/mol. The lowest BCUT2D eigenvalue weighted by Gasteiger charge is -2.37. The van der Waals surface area contributed by atoms with Crippen LogP contribution in [0.5, 0.6) is 5.75 Å². The topological polar surface area (TPSA) is 41.5 Å². The van der Waals surface area contributed by atoms with E-state index in [2.05, 4.69) is 25.2 Å². The summed E-state index contributed by atoms with van der Waals surface area (Å²) < 4.78 is 5.77. The molecule has 1 heterocycles. The molecule has 3 rings (SSSR count). The summed E-state index contributed by atoms with van der Waals surface area (Å²) in [5.74, 6) is 0.453. The second kappa shape index (κ2) is 4.80. The van der Waals surface area contributed by atoms with E-state index in [1.165, 1.54) is 5.56 Å². The van der Waals surface area contributed by atoms with E-state index in [9.17, 15) is 5.11 Å². The minimum atomic E-state index is -0.0177. The minimum absolute atomic E-state index is 0.0177. The maximum atomic E-state index is 9.89. The molecule has 0 saturated carbocycles. The van der Waals surface area contributed by atoms with Gasteiger partial charge in [0.05, 0.1) is 5.60 Å². The molecule has 3 nitrogen and oxygen atoms in total. The van der Waals surface area contributed by atoms with E-state index < -0.39 is 0 Å². The van der Waals surface area contributed by atoms with Crippen molar-refractivity contribution in [2.45, 2.75) is 57.2 Å². The standard InChI is InChI=1S/C16H23NO2/c1-16(2)10-11(8-9-19-16)17-14-7-6-13-12(14)4-3-5-15(13)18/h3-5,11,14,17-18H,6-10H2,1-2H3. The molecular formula is C16H23NO2. The molecule has 19 heavy (non-hydrogen) atoms. The Morgan fingerprint density at radius 2 is 2.16 bits per heavy atom. The molecule has 1 fully saturated rings. The Labute approximate surface area is 115 Å². The van der Waals surface area contributed by atoms with Crippen molar-refractivity contribution in [2.24, 2.45) is 0 Å². The molecule has 2 aliphatic rings. The first-order valence-electron chi connectivity index (χ1n) is 7.26. The summed E-state index contributed by atoms with van der Waals surface area (Å²) in [6, 6.07) is 6.79. The van der Waals surface area contributed by atoms with Gasteiger partial charge in [0.15, 0.2) is 0 Å². The Morgan fingerprint density at radius 1 is 1.32 bits per heavy atom. The third-order valence-electron chi connectivity index (χ3n) is 4.38. The van der Waals surface area contributed by atoms with E-state index in [0.29, 0.717) is 17.8 Å². The summed E-state index contributed by atoms with van der Waals surface area (Å²) in [7, 11) is 0. The molecule has 3 heteroatoms. The van der Waals surface area contributed by atoms with Gasteiger partial charge in [-0.15, -0.1) is 0 Å². The average Bonchev–Trinajstić information content (AvgIpc) is 2.73. The first-order valence-corrected chi connectivity index (χ1v) is 7.26. The number of phenolic OH excluding ortho intramolecular Hbond substituents is 1. The van der Waals surface area contributed by atoms with Crippen LogP contribution in [0.2, 0.25) is 0 Å². The van der Waals surface area contributed by atoms with Crippen molar-refractivity contribution in [2.75, 3.05) is 6.61 Å². The number of ether oxygens (including phenoxy) is 1. The summed E-state index contributed by atoms with van der Waals surface area (Å²) in [4.78, 5) is 0. The molecule has 1 saturated heterocycles. The van der Waals surface area contributed by atoms with Gasteiger partial charge in [-0.1, -0.05) is 12.1 Å². The van der Waals surface area contributed by atoms with Crippen LogP contribution < -0.4 is 5.32 Å². The first kappa shape index (κ1) is 12.9. The number of hydrogen-bond donors (Lipinski definition) is 2. The number of aromatic hydroxyl groups is 1. The zero-order chi connectivity index (χ0) is 13.5. The predicted molar refractivity (Wildman–Crippen MR) is 75.4 cm³/mol. The van der Waals surface area contributed by atoms with E-state index in [1.54, 1.807) is 6.07 Å². The number of rotatable bonds is 2. The lowest BCUT2D eigenvalue weighted by Crippen LogP contribution is -2.44. The second-order valence-electron chi connectivity index (χ2n) is 6.40. The fourth-order valence-electron chi connectivity index (χ4n) is 3.47. The Morgan fingerprint density at radius 3 is 2.95 bits per heavy atom. The highest BCUT2D eigenvalue weighted by atomic mass is 16.5. The van der Waals surface area contributed by atoms with Crippen LogP contribution in [0.15, 0.2) is 18.2 Å². The van der Waals surface area contributed by atoms with E-state index >= 15 is 0 Å². The molecule has 0 aromatic heterocycles. The lowest BCUT2D eigenvalue weighted by molar-refractivity contribution is -0.0642. The summed E-state index contributed by atoms with van der Waals surface area (Å²) in [5.41, 5.74) is 2.39. The number of fused-ring (bicyclic) bond motifs is 1. The van der Waals surface area contributed by atoms with E-state index in [-0.39, 0.29) is 5.60 Å². The highest BCUT2D eigenvalue weighted by Crippen LogP contribution is 2.37. The Kier molecular flexibility index (Phi) is 3.27. The maximum Gasteiger partial charge on any atom is 0.119 e. The van der Waals surface area contributed by atoms with Crippen LogP contribution in [0, 0.1) is 0 Å². The third kappa shape index (κ3) is 2.63. The molecule has 2 N–H and O–H groups in total. The van der Waals surface area contributed by atoms with Crippen molar-refractivity contribution >= 4 is 0 Å². The molecule has 2 atom stereocenters. The molecule has 0 amide bonds. The summed E-state index contributed by atoms with van der Waals surface area (Å²) >= 11 is 0. The Hall–Kier alpha value is -1.06. The quantitative estimate of drug-likeness (QED) is 0.860. The predicted octanol–water partition coefficient (Wildman–Crippen LogP) is 2.93. The van der Waals surface area contributed by atoms with Gasteiger partial charge in [-0.25, -0.2) is 0 Å². The molecular weight excluding hydrogens is 238 g/mol. The van der Waals surface area contributed by atoms with Gasteiger partial charge >= 0.3 is 0 Å². The summed E-state index contributed by atoms with van der Waals surface area (Å²) in [6.45, 7) is 5.16. The van der Waals surface area contributed by atoms with Crippen LogP contribution in [0.25, 0.3) is 0 Å². The van der Waals surface area contributed by atoms with Crippen LogP contribution in [0.4, 0.5) is 0 Å². The number of nitrogens with one attached hydrogen (secondary N) is 1. The van der Waals surface area contributed by atoms with Gasteiger partial charge in [0.2, 0.25) is 0 Å². The second-order valence-corrected chi connectivity index (χ2v) is 6.40. The SMILES string of the molecule is CC1(C)CC(NC2CCc3c(O)cccc32)CCO1. The number of benzene rings is 1. The molecule has 0 bridgehead atoms. The van der Waals surface area contributed by atoms with Crippen LogP contribution in [-0.4, -0.2) is 23.4 Å². The van der Waals surface area contributed by atoms with Crippen molar-refractivity contribution < 1.29 is 9.84 Å². The van der Waals surface area contributed by atoms with Crippen molar-refractivity contribution in [3.05, 3.63) is 29.3 Å². The zero-order valence-corrected chi connectivity index (χ0v) is 11.8. The van der Waals surface area contributed by atoms with Crippen LogP contribution in [-0.2, 0) is 11.2 Å². The van der Waals surface area contributed by atoms with E-state index in [4.69, 9.17) is 4.74 Å². The monoisotopic (exact) mass is 261 g/mol. The van der Waals surface area contributed by atoms with Gasteiger partial charge < -0.3 is 15.2 Å². The smallest absolute Gasteiger partial charge is 0.119 e. The summed E-state index contributed by atoms with van der Waals surface area (Å²) in [6.07, 6.45) is 4.20. The van der Waals surface area contributed by atoms with Gasteiger partial charge in [-0.3, -0.25) is 0 Å². The van der Waals surface area contributed by atoms with Crippen molar-refractivity contribution in [1.29, 1.82) is 0 Å². The fraction of sp³-hybridized carbons (Fsp3) is 0.625. The van der Waals surface area contributed by atoms with Gasteiger partial charge in [0, 0.05) is 18.7 Å². The third-order valence-corrected chi connectivity index (χ3v) is 4.38. The normalized spacial score (nSPS) is 29.2. The van der Waals surface area contributed by atoms with Crippen molar-refractivity contribution in [3.8, 4) is 5.75 Å². The van der Waals surface area contributed by atoms with Gasteiger partial charge in [-0.2, -0.15) is 0 Å². The largest absolute Gasteiger partial charge is 0.508 e. The minimum Gasteiger partial charge on any atom is -0.508 e. The molecule has 0 radical (unpaired) electrons. The van der Waals surface area contributed by atoms with Gasteiger partial charge in [-0.05, 0) is 56.7 Å². The molecule has 104 valence electrons. The van der Waals surface area contributed by atoms with E-state index in [0.717, 1.165) is 37.9 Å². The molecule has 0 spiro atoms. The number of hydrogen-bond acceptors (Lipinski definition) is 3. The van der Waals surface area contributed by atoms with Crippen molar-refractivity contribution in [1.82, 2.24) is 5.32 Å². The molecule has 1 aromatic rings. The first-order chi connectivity index (χ1) is 9.05. The highest BCUT2D eigenvalue weighted by Gasteiger charge is 2.32. The maximum absolute atomic E-state index is 9.89. The number of phenols is 1. The van der Waals surface area contributed by atoms with Crippen LogP contribution in [0.1, 0.15) is 50.3 Å². The fourth-order valence-corrected chi connectivity index (χ4v) is 3.47. The Balaban J connectivity index is 1.71. The lowest BCUT2D eigenvalue weighted by atomic mass is 9.93. The van der Waals surface area contributed by atoms with Crippen LogP contribution in [0.3, 0.4) is 0 Å². The zero-order valence-electron chi connectivity index (χ0n) is 11.8. The molecule has 1 aromatic carbocycles. The Bertz CT molecular complexity index is 470. The summed E-state index contributed by atoms with van der Waals surface area (Å²) in [5, 5.41) is 13.7. The van der Waals surface area contributed by atoms with Gasteiger partial charge in [0.1, 0.15) is 5.75 Å². The van der Waals surface area contributed by atoms with Gasteiger partial charge in [0.25, 0.3) is 0 Å².